The monoisotopic (exact) mass is 317 g/mol. The number of hydrogen-bond acceptors (Lipinski definition) is 6. The van der Waals surface area contributed by atoms with Gasteiger partial charge in [-0.05, 0) is 33.3 Å². The maximum atomic E-state index is 12.3. The second kappa shape index (κ2) is 4.81. The molecule has 118 valence electrons. The predicted molar refractivity (Wildman–Crippen MR) is 73.8 cm³/mol. The lowest BCUT2D eigenvalue weighted by atomic mass is 10.1. The third-order valence-electron chi connectivity index (χ3n) is 3.27. The number of rotatable bonds is 2. The SMILES string of the molecule is CO[C@H]1C(=O)N2C(C(=O)OC(C)(C)C)=C(C)CS(=O)(=O)[C@H]12. The standard InChI is InChI=1S/C13H19NO6S/c1-7-6-21(17,18)11-9(19-5)10(15)14(11)8(7)12(16)20-13(2,3)4/h9,11H,6H2,1-5H3/t9-,11+/m0/s1. The first-order valence-corrected chi connectivity index (χ1v) is 8.21. The molecule has 0 aromatic rings. The van der Waals surface area contributed by atoms with Crippen LogP contribution in [0.1, 0.15) is 27.7 Å². The summed E-state index contributed by atoms with van der Waals surface area (Å²) in [4.78, 5) is 25.3. The lowest BCUT2D eigenvalue weighted by Crippen LogP contribution is -2.70. The maximum absolute atomic E-state index is 12.3. The zero-order chi connectivity index (χ0) is 16.2. The third kappa shape index (κ3) is 2.57. The van der Waals surface area contributed by atoms with Crippen molar-refractivity contribution in [2.24, 2.45) is 0 Å². The quantitative estimate of drug-likeness (QED) is 0.534. The molecule has 2 heterocycles. The molecule has 0 N–H and O–H groups in total. The number of carbonyl (C=O) groups excluding carboxylic acids is 2. The van der Waals surface area contributed by atoms with Gasteiger partial charge >= 0.3 is 5.97 Å². The van der Waals surface area contributed by atoms with Crippen LogP contribution in [0.2, 0.25) is 0 Å². The maximum Gasteiger partial charge on any atom is 0.355 e. The zero-order valence-electron chi connectivity index (χ0n) is 12.7. The van der Waals surface area contributed by atoms with E-state index in [4.69, 9.17) is 9.47 Å². The van der Waals surface area contributed by atoms with E-state index in [0.29, 0.717) is 5.57 Å². The van der Waals surface area contributed by atoms with Crippen LogP contribution in [0.5, 0.6) is 0 Å². The highest BCUT2D eigenvalue weighted by Gasteiger charge is 2.60. The Morgan fingerprint density at radius 1 is 1.33 bits per heavy atom. The Hall–Kier alpha value is -1.41. The molecule has 21 heavy (non-hydrogen) atoms. The van der Waals surface area contributed by atoms with Gasteiger partial charge in [0, 0.05) is 7.11 Å². The molecule has 7 nitrogen and oxygen atoms in total. The number of nitrogens with zero attached hydrogens (tertiary/aromatic N) is 1. The van der Waals surface area contributed by atoms with Gasteiger partial charge in [-0.2, -0.15) is 0 Å². The molecule has 2 aliphatic rings. The number of ether oxygens (including phenoxy) is 2. The first-order valence-electron chi connectivity index (χ1n) is 6.50. The van der Waals surface area contributed by atoms with Gasteiger partial charge in [0.15, 0.2) is 21.3 Å². The number of fused-ring (bicyclic) bond motifs is 1. The summed E-state index contributed by atoms with van der Waals surface area (Å²) in [5, 5.41) is -1.14. The van der Waals surface area contributed by atoms with Gasteiger partial charge in [-0.25, -0.2) is 13.2 Å². The topological polar surface area (TPSA) is 90.0 Å². The van der Waals surface area contributed by atoms with Crippen LogP contribution >= 0.6 is 0 Å². The Bertz CT molecular complexity index is 628. The van der Waals surface area contributed by atoms with Crippen LogP contribution in [0, 0.1) is 0 Å². The second-order valence-electron chi connectivity index (χ2n) is 6.19. The van der Waals surface area contributed by atoms with Gasteiger partial charge in [0.2, 0.25) is 0 Å². The van der Waals surface area contributed by atoms with Crippen molar-refractivity contribution in [3.05, 3.63) is 11.3 Å². The van der Waals surface area contributed by atoms with Crippen LogP contribution in [0.25, 0.3) is 0 Å². The summed E-state index contributed by atoms with van der Waals surface area (Å²) in [5.74, 6) is -1.51. The Morgan fingerprint density at radius 2 is 1.90 bits per heavy atom. The lowest BCUT2D eigenvalue weighted by Gasteiger charge is -2.48. The minimum atomic E-state index is -3.56. The van der Waals surface area contributed by atoms with E-state index in [0.717, 1.165) is 4.90 Å². The van der Waals surface area contributed by atoms with Crippen LogP contribution in [0.4, 0.5) is 0 Å². The van der Waals surface area contributed by atoms with E-state index < -0.39 is 38.8 Å². The highest BCUT2D eigenvalue weighted by Crippen LogP contribution is 2.38. The number of amides is 1. The highest BCUT2D eigenvalue weighted by molar-refractivity contribution is 7.92. The fourth-order valence-electron chi connectivity index (χ4n) is 2.50. The Labute approximate surface area is 123 Å². The van der Waals surface area contributed by atoms with Crippen molar-refractivity contribution in [1.29, 1.82) is 0 Å². The number of carbonyl (C=O) groups is 2. The third-order valence-corrected chi connectivity index (χ3v) is 5.30. The largest absolute Gasteiger partial charge is 0.455 e. The fourth-order valence-corrected chi connectivity index (χ4v) is 4.55. The van der Waals surface area contributed by atoms with E-state index >= 15 is 0 Å². The van der Waals surface area contributed by atoms with Crippen molar-refractivity contribution in [2.45, 2.75) is 44.8 Å². The van der Waals surface area contributed by atoms with E-state index in [1.807, 2.05) is 0 Å². The molecule has 2 atom stereocenters. The Kier molecular flexibility index (Phi) is 3.66. The van der Waals surface area contributed by atoms with Gasteiger partial charge in [-0.15, -0.1) is 0 Å². The van der Waals surface area contributed by atoms with E-state index in [1.54, 1.807) is 20.8 Å². The van der Waals surface area contributed by atoms with Gasteiger partial charge in [0.1, 0.15) is 11.3 Å². The lowest BCUT2D eigenvalue weighted by molar-refractivity contribution is -0.167. The van der Waals surface area contributed by atoms with Crippen molar-refractivity contribution in [1.82, 2.24) is 4.90 Å². The molecule has 0 saturated carbocycles. The van der Waals surface area contributed by atoms with Gasteiger partial charge in [0.25, 0.3) is 5.91 Å². The van der Waals surface area contributed by atoms with E-state index in [2.05, 4.69) is 0 Å². The van der Waals surface area contributed by atoms with Crippen LogP contribution in [0.3, 0.4) is 0 Å². The summed E-state index contributed by atoms with van der Waals surface area (Å²) < 4.78 is 34.5. The summed E-state index contributed by atoms with van der Waals surface area (Å²) >= 11 is 0. The molecule has 0 bridgehead atoms. The normalized spacial score (nSPS) is 28.0. The average molecular weight is 317 g/mol. The van der Waals surface area contributed by atoms with Crippen LogP contribution < -0.4 is 0 Å². The average Bonchev–Trinajstić information content (AvgIpc) is 2.27. The summed E-state index contributed by atoms with van der Waals surface area (Å²) in [5.41, 5.74) is -0.406. The number of β-lactam (4-membered cyclic amide) rings is 1. The molecule has 2 rings (SSSR count). The molecule has 0 unspecified atom stereocenters. The summed E-state index contributed by atoms with van der Waals surface area (Å²) in [6.45, 7) is 6.62. The summed E-state index contributed by atoms with van der Waals surface area (Å²) in [6.07, 6.45) is -1.06. The number of methoxy groups -OCH3 is 1. The fraction of sp³-hybridized carbons (Fsp3) is 0.692. The van der Waals surface area contributed by atoms with Crippen molar-refractivity contribution in [3.8, 4) is 0 Å². The molecule has 1 amide bonds. The van der Waals surface area contributed by atoms with Gasteiger partial charge < -0.3 is 9.47 Å². The van der Waals surface area contributed by atoms with Gasteiger partial charge in [-0.3, -0.25) is 9.69 Å². The van der Waals surface area contributed by atoms with Crippen molar-refractivity contribution in [2.75, 3.05) is 12.9 Å². The van der Waals surface area contributed by atoms with Crippen LogP contribution in [-0.4, -0.2) is 55.1 Å². The zero-order valence-corrected chi connectivity index (χ0v) is 13.5. The number of hydrogen-bond donors (Lipinski definition) is 0. The first-order chi connectivity index (χ1) is 9.49. The molecule has 8 heteroatoms. The molecule has 0 aliphatic carbocycles. The van der Waals surface area contributed by atoms with Crippen molar-refractivity contribution in [3.63, 3.8) is 0 Å². The molecule has 1 saturated heterocycles. The van der Waals surface area contributed by atoms with Crippen molar-refractivity contribution >= 4 is 21.7 Å². The Balaban J connectivity index is 2.42. The smallest absolute Gasteiger partial charge is 0.355 e. The number of esters is 1. The second-order valence-corrected chi connectivity index (χ2v) is 8.29. The highest BCUT2D eigenvalue weighted by atomic mass is 32.2. The molecule has 0 spiro atoms. The molecular weight excluding hydrogens is 298 g/mol. The first kappa shape index (κ1) is 16.0. The number of sulfone groups is 1. The molecule has 0 radical (unpaired) electrons. The summed E-state index contributed by atoms with van der Waals surface area (Å²) in [6, 6.07) is 0. The molecule has 0 aromatic carbocycles. The van der Waals surface area contributed by atoms with Gasteiger partial charge in [0.05, 0.1) is 5.75 Å². The van der Waals surface area contributed by atoms with Gasteiger partial charge in [-0.1, -0.05) is 0 Å². The van der Waals surface area contributed by atoms with E-state index in [1.165, 1.54) is 14.0 Å². The van der Waals surface area contributed by atoms with Crippen LogP contribution in [-0.2, 0) is 28.9 Å². The Morgan fingerprint density at radius 3 is 2.38 bits per heavy atom. The molecule has 0 aromatic heterocycles. The molecular formula is C13H19NO6S. The minimum Gasteiger partial charge on any atom is -0.455 e. The summed E-state index contributed by atoms with van der Waals surface area (Å²) in [7, 11) is -2.29. The minimum absolute atomic E-state index is 0.0167. The van der Waals surface area contributed by atoms with E-state index in [9.17, 15) is 18.0 Å². The molecule has 1 fully saturated rings. The molecule has 2 aliphatic heterocycles. The predicted octanol–water partition coefficient (Wildman–Crippen LogP) is 0.214. The van der Waals surface area contributed by atoms with Crippen LogP contribution in [0.15, 0.2) is 11.3 Å². The van der Waals surface area contributed by atoms with Crippen molar-refractivity contribution < 1.29 is 27.5 Å². The van der Waals surface area contributed by atoms with E-state index in [-0.39, 0.29) is 11.4 Å².